The second-order valence-corrected chi connectivity index (χ2v) is 7.29. The van der Waals surface area contributed by atoms with E-state index in [9.17, 15) is 0 Å². The van der Waals surface area contributed by atoms with Gasteiger partial charge in [-0.2, -0.15) is 0 Å². The molecule has 3 aromatic rings. The highest BCUT2D eigenvalue weighted by Gasteiger charge is 2.37. The van der Waals surface area contributed by atoms with Crippen LogP contribution in [0.15, 0.2) is 54.9 Å². The number of hydrogen-bond acceptors (Lipinski definition) is 4. The number of imidazole rings is 1. The van der Waals surface area contributed by atoms with E-state index in [1.807, 2.05) is 24.4 Å². The average molecular weight is 348 g/mol. The summed E-state index contributed by atoms with van der Waals surface area (Å²) in [5.74, 6) is 0.734. The predicted octanol–water partition coefficient (Wildman–Crippen LogP) is 3.18. The zero-order valence-corrected chi connectivity index (χ0v) is 14.8. The summed E-state index contributed by atoms with van der Waals surface area (Å²) < 4.78 is 8.06. The predicted molar refractivity (Wildman–Crippen MR) is 103 cm³/mol. The third kappa shape index (κ3) is 3.20. The molecule has 2 N–H and O–H groups in total. The van der Waals surface area contributed by atoms with Crippen molar-refractivity contribution in [3.8, 4) is 11.3 Å². The van der Waals surface area contributed by atoms with Gasteiger partial charge in [-0.15, -0.1) is 0 Å². The minimum atomic E-state index is 0.259. The van der Waals surface area contributed by atoms with Crippen LogP contribution in [0.5, 0.6) is 0 Å². The van der Waals surface area contributed by atoms with Crippen molar-refractivity contribution in [3.05, 3.63) is 54.9 Å². The molecular formula is C21H24N4O. The fourth-order valence-electron chi connectivity index (χ4n) is 3.79. The van der Waals surface area contributed by atoms with E-state index in [2.05, 4.69) is 45.5 Å². The lowest BCUT2D eigenvalue weighted by Crippen LogP contribution is -2.49. The average Bonchev–Trinajstić information content (AvgIpc) is 3.45. The quantitative estimate of drug-likeness (QED) is 0.744. The molecule has 1 aliphatic carbocycles. The summed E-state index contributed by atoms with van der Waals surface area (Å²) in [7, 11) is 0. The summed E-state index contributed by atoms with van der Waals surface area (Å²) in [6.45, 7) is 2.71. The Balaban J connectivity index is 1.34. The largest absolute Gasteiger partial charge is 0.379 e. The van der Waals surface area contributed by atoms with E-state index in [0.29, 0.717) is 6.04 Å². The van der Waals surface area contributed by atoms with Gasteiger partial charge in [0.15, 0.2) is 0 Å². The van der Waals surface area contributed by atoms with Crippen molar-refractivity contribution >= 4 is 11.3 Å². The van der Waals surface area contributed by atoms with E-state index in [4.69, 9.17) is 9.72 Å². The molecule has 0 radical (unpaired) electrons. The summed E-state index contributed by atoms with van der Waals surface area (Å²) in [4.78, 5) is 4.70. The number of nitrogens with one attached hydrogen (secondary N) is 2. The lowest BCUT2D eigenvalue weighted by atomic mass is 10.0. The molecule has 2 aliphatic rings. The van der Waals surface area contributed by atoms with Gasteiger partial charge in [-0.25, -0.2) is 4.98 Å². The summed E-state index contributed by atoms with van der Waals surface area (Å²) in [5.41, 5.74) is 4.27. The van der Waals surface area contributed by atoms with Crippen molar-refractivity contribution in [2.24, 2.45) is 5.92 Å². The Kier molecular flexibility index (Phi) is 4.11. The van der Waals surface area contributed by atoms with E-state index in [-0.39, 0.29) is 6.10 Å². The Labute approximate surface area is 153 Å². The van der Waals surface area contributed by atoms with Gasteiger partial charge in [0.1, 0.15) is 5.65 Å². The minimum absolute atomic E-state index is 0.259. The molecule has 2 fully saturated rings. The lowest BCUT2D eigenvalue weighted by molar-refractivity contribution is 0.0128. The maximum absolute atomic E-state index is 6.00. The fourth-order valence-corrected chi connectivity index (χ4v) is 3.79. The lowest BCUT2D eigenvalue weighted by Gasteiger charge is -2.32. The molecule has 0 bridgehead atoms. The van der Waals surface area contributed by atoms with Crippen molar-refractivity contribution in [2.75, 3.05) is 25.0 Å². The van der Waals surface area contributed by atoms with Crippen molar-refractivity contribution < 1.29 is 4.74 Å². The molecule has 2 unspecified atom stereocenters. The molecule has 5 nitrogen and oxygen atoms in total. The number of anilines is 1. The Hall–Kier alpha value is -2.37. The van der Waals surface area contributed by atoms with E-state index < -0.39 is 0 Å². The molecule has 1 saturated carbocycles. The molecule has 3 heterocycles. The van der Waals surface area contributed by atoms with Gasteiger partial charge in [-0.05, 0) is 43.0 Å². The van der Waals surface area contributed by atoms with Gasteiger partial charge in [0.25, 0.3) is 0 Å². The third-order valence-electron chi connectivity index (χ3n) is 5.36. The van der Waals surface area contributed by atoms with E-state index in [1.54, 1.807) is 0 Å². The van der Waals surface area contributed by atoms with E-state index >= 15 is 0 Å². The van der Waals surface area contributed by atoms with Gasteiger partial charge in [0.2, 0.25) is 0 Å². The Bertz CT molecular complexity index is 845. The van der Waals surface area contributed by atoms with Crippen LogP contribution in [0.25, 0.3) is 16.9 Å². The summed E-state index contributed by atoms with van der Waals surface area (Å²) >= 11 is 0. The first kappa shape index (κ1) is 15.9. The van der Waals surface area contributed by atoms with E-state index in [0.717, 1.165) is 48.2 Å². The van der Waals surface area contributed by atoms with Crippen molar-refractivity contribution in [1.29, 1.82) is 0 Å². The minimum Gasteiger partial charge on any atom is -0.379 e. The summed E-state index contributed by atoms with van der Waals surface area (Å²) in [6.07, 6.45) is 6.97. The first-order valence-corrected chi connectivity index (χ1v) is 9.50. The van der Waals surface area contributed by atoms with Crippen LogP contribution in [0, 0.1) is 5.92 Å². The number of fused-ring (bicyclic) bond motifs is 1. The highest BCUT2D eigenvalue weighted by atomic mass is 16.5. The van der Waals surface area contributed by atoms with Crippen molar-refractivity contribution in [1.82, 2.24) is 14.7 Å². The van der Waals surface area contributed by atoms with Crippen LogP contribution in [0.4, 0.5) is 5.69 Å². The topological polar surface area (TPSA) is 50.6 Å². The Morgan fingerprint density at radius 1 is 1.15 bits per heavy atom. The van der Waals surface area contributed by atoms with Gasteiger partial charge >= 0.3 is 0 Å². The third-order valence-corrected chi connectivity index (χ3v) is 5.36. The first-order valence-electron chi connectivity index (χ1n) is 9.50. The number of rotatable bonds is 5. The second-order valence-electron chi connectivity index (χ2n) is 7.29. The molecular weight excluding hydrogens is 324 g/mol. The van der Waals surface area contributed by atoms with Crippen LogP contribution in [0.1, 0.15) is 12.8 Å². The summed E-state index contributed by atoms with van der Waals surface area (Å²) in [6, 6.07) is 15.1. The highest BCUT2D eigenvalue weighted by molar-refractivity contribution is 5.65. The summed E-state index contributed by atoms with van der Waals surface area (Å²) in [5, 5.41) is 7.18. The van der Waals surface area contributed by atoms with Gasteiger partial charge in [-0.3, -0.25) is 0 Å². The Morgan fingerprint density at radius 3 is 2.77 bits per heavy atom. The monoisotopic (exact) mass is 348 g/mol. The molecule has 5 rings (SSSR count). The number of nitrogens with zero attached hydrogens (tertiary/aromatic N) is 2. The van der Waals surface area contributed by atoms with Gasteiger partial charge in [-0.1, -0.05) is 18.2 Å². The van der Waals surface area contributed by atoms with Crippen LogP contribution in [-0.2, 0) is 4.74 Å². The van der Waals surface area contributed by atoms with Crippen LogP contribution in [0.3, 0.4) is 0 Å². The normalized spacial score (nSPS) is 21.6. The molecule has 0 spiro atoms. The number of ether oxygens (including phenoxy) is 1. The maximum atomic E-state index is 6.00. The highest BCUT2D eigenvalue weighted by Crippen LogP contribution is 2.37. The smallest absolute Gasteiger partial charge is 0.137 e. The standard InChI is InChI=1S/C21H24N4O/c1-2-11-25-14-18(24-20(25)3-1)15-6-8-17(9-7-15)23-21(16-4-5-16)19-13-22-10-12-26-19/h1-3,6-9,11,14,16,19,21-23H,4-5,10,12-13H2. The fraction of sp³-hybridized carbons (Fsp3) is 0.381. The van der Waals surface area contributed by atoms with Crippen molar-refractivity contribution in [2.45, 2.75) is 25.0 Å². The second kappa shape index (κ2) is 6.74. The number of hydrogen-bond donors (Lipinski definition) is 2. The van der Waals surface area contributed by atoms with Crippen LogP contribution in [0.2, 0.25) is 0 Å². The number of morpholine rings is 1. The van der Waals surface area contributed by atoms with Crippen LogP contribution < -0.4 is 10.6 Å². The first-order chi connectivity index (χ1) is 12.9. The van der Waals surface area contributed by atoms with Crippen LogP contribution >= 0.6 is 0 Å². The maximum Gasteiger partial charge on any atom is 0.137 e. The zero-order chi connectivity index (χ0) is 17.3. The molecule has 0 amide bonds. The van der Waals surface area contributed by atoms with Gasteiger partial charge < -0.3 is 19.8 Å². The molecule has 1 aliphatic heterocycles. The molecule has 134 valence electrons. The molecule has 2 aromatic heterocycles. The molecule has 1 saturated heterocycles. The van der Waals surface area contributed by atoms with Gasteiger partial charge in [0.05, 0.1) is 24.4 Å². The number of aromatic nitrogens is 2. The molecule has 1 aromatic carbocycles. The van der Waals surface area contributed by atoms with Crippen molar-refractivity contribution in [3.63, 3.8) is 0 Å². The molecule has 2 atom stereocenters. The van der Waals surface area contributed by atoms with E-state index in [1.165, 1.54) is 12.8 Å². The molecule has 5 heteroatoms. The molecule has 26 heavy (non-hydrogen) atoms. The zero-order valence-electron chi connectivity index (χ0n) is 14.8. The van der Waals surface area contributed by atoms with Gasteiger partial charge in [0, 0.05) is 36.7 Å². The number of pyridine rings is 1. The SMILES string of the molecule is c1ccn2cc(-c3ccc(NC(C4CC4)C4CNCCO4)cc3)nc2c1. The number of benzene rings is 1. The van der Waals surface area contributed by atoms with Crippen LogP contribution in [-0.4, -0.2) is 41.2 Å². The Morgan fingerprint density at radius 2 is 2.04 bits per heavy atom.